The smallest absolute Gasteiger partial charge is 0.231 e. The molecule has 0 spiro atoms. The Labute approximate surface area is 136 Å². The lowest BCUT2D eigenvalue weighted by atomic mass is 10.1. The Morgan fingerprint density at radius 1 is 1.00 bits per heavy atom. The molecule has 0 radical (unpaired) electrons. The summed E-state index contributed by atoms with van der Waals surface area (Å²) in [5.74, 6) is 3.06. The molecule has 4 heterocycles. The zero-order valence-electron chi connectivity index (χ0n) is 12.5. The average molecular weight is 320 g/mol. The molecule has 2 N–H and O–H groups in total. The summed E-state index contributed by atoms with van der Waals surface area (Å²) in [6.07, 6.45) is 1.59. The quantitative estimate of drug-likeness (QED) is 0.611. The molecular formula is C17H12N4O3. The highest BCUT2D eigenvalue weighted by molar-refractivity contribution is 5.74. The van der Waals surface area contributed by atoms with Crippen molar-refractivity contribution >= 4 is 11.5 Å². The number of pyridine rings is 1. The van der Waals surface area contributed by atoms with Gasteiger partial charge in [0.05, 0.1) is 6.26 Å². The molecule has 0 saturated carbocycles. The van der Waals surface area contributed by atoms with Crippen LogP contribution in [0.5, 0.6) is 11.5 Å². The van der Waals surface area contributed by atoms with Crippen LogP contribution in [0, 0.1) is 0 Å². The number of hydrogen-bond donors (Lipinski definition) is 1. The van der Waals surface area contributed by atoms with Crippen LogP contribution in [-0.4, -0.2) is 21.4 Å². The topological polar surface area (TPSA) is 87.8 Å². The first-order valence-corrected chi connectivity index (χ1v) is 7.38. The number of nitrogens with two attached hydrogens (primary N) is 1. The van der Waals surface area contributed by atoms with Crippen molar-refractivity contribution in [2.45, 2.75) is 0 Å². The molecule has 0 amide bonds. The Morgan fingerprint density at radius 2 is 1.92 bits per heavy atom. The molecule has 5 rings (SSSR count). The van der Waals surface area contributed by atoms with E-state index in [4.69, 9.17) is 19.6 Å². The minimum Gasteiger partial charge on any atom is -0.461 e. The van der Waals surface area contributed by atoms with E-state index in [1.54, 1.807) is 16.8 Å². The van der Waals surface area contributed by atoms with E-state index in [1.807, 2.05) is 36.4 Å². The second-order valence-electron chi connectivity index (χ2n) is 5.42. The number of hydrogen-bond acceptors (Lipinski definition) is 6. The van der Waals surface area contributed by atoms with E-state index in [9.17, 15) is 0 Å². The number of benzene rings is 1. The zero-order valence-corrected chi connectivity index (χ0v) is 12.5. The Morgan fingerprint density at radius 3 is 2.79 bits per heavy atom. The van der Waals surface area contributed by atoms with Crippen molar-refractivity contribution in [1.82, 2.24) is 14.6 Å². The summed E-state index contributed by atoms with van der Waals surface area (Å²) >= 11 is 0. The minimum absolute atomic E-state index is 0.247. The van der Waals surface area contributed by atoms with E-state index in [0.29, 0.717) is 23.0 Å². The molecule has 0 unspecified atom stereocenters. The summed E-state index contributed by atoms with van der Waals surface area (Å²) < 4.78 is 17.7. The third-order valence-corrected chi connectivity index (χ3v) is 3.91. The molecule has 3 aromatic heterocycles. The summed E-state index contributed by atoms with van der Waals surface area (Å²) in [5.41, 5.74) is 8.69. The van der Waals surface area contributed by atoms with E-state index >= 15 is 0 Å². The molecule has 7 nitrogen and oxygen atoms in total. The highest BCUT2D eigenvalue weighted by atomic mass is 16.7. The molecule has 118 valence electrons. The van der Waals surface area contributed by atoms with Crippen molar-refractivity contribution < 1.29 is 13.9 Å². The van der Waals surface area contributed by atoms with Crippen LogP contribution in [0.4, 0.5) is 5.82 Å². The Bertz CT molecular complexity index is 1050. The number of aromatic nitrogens is 3. The fraction of sp³-hybridized carbons (Fsp3) is 0.0588. The second-order valence-corrected chi connectivity index (χ2v) is 5.42. The van der Waals surface area contributed by atoms with E-state index in [0.717, 1.165) is 22.6 Å². The van der Waals surface area contributed by atoms with E-state index in [1.165, 1.54) is 0 Å². The maximum absolute atomic E-state index is 6.15. The molecular weight excluding hydrogens is 308 g/mol. The third-order valence-electron chi connectivity index (χ3n) is 3.91. The first kappa shape index (κ1) is 13.0. The molecule has 0 saturated heterocycles. The van der Waals surface area contributed by atoms with Gasteiger partial charge in [-0.2, -0.15) is 4.52 Å². The van der Waals surface area contributed by atoms with Crippen LogP contribution < -0.4 is 15.2 Å². The SMILES string of the molecule is Nc1cc(-c2ccc3c(c2)OCO3)cc2nc(-c3ccco3)nn12. The number of furan rings is 1. The predicted molar refractivity (Wildman–Crippen MR) is 86.7 cm³/mol. The van der Waals surface area contributed by atoms with Crippen LogP contribution in [0.25, 0.3) is 28.4 Å². The van der Waals surface area contributed by atoms with Crippen LogP contribution in [0.3, 0.4) is 0 Å². The van der Waals surface area contributed by atoms with Gasteiger partial charge in [-0.25, -0.2) is 4.98 Å². The summed E-state index contributed by atoms with van der Waals surface area (Å²) in [7, 11) is 0. The number of fused-ring (bicyclic) bond motifs is 2. The van der Waals surface area contributed by atoms with Gasteiger partial charge in [-0.05, 0) is 47.5 Å². The lowest BCUT2D eigenvalue weighted by Gasteiger charge is -2.05. The van der Waals surface area contributed by atoms with Gasteiger partial charge in [-0.1, -0.05) is 6.07 Å². The van der Waals surface area contributed by atoms with Gasteiger partial charge in [0.25, 0.3) is 0 Å². The first-order valence-electron chi connectivity index (χ1n) is 7.38. The van der Waals surface area contributed by atoms with Crippen LogP contribution >= 0.6 is 0 Å². The Kier molecular flexibility index (Phi) is 2.58. The van der Waals surface area contributed by atoms with Crippen LogP contribution in [0.1, 0.15) is 0 Å². The predicted octanol–water partition coefficient (Wildman–Crippen LogP) is 2.97. The lowest BCUT2D eigenvalue weighted by molar-refractivity contribution is 0.174. The number of ether oxygens (including phenoxy) is 2. The van der Waals surface area contributed by atoms with Gasteiger partial charge >= 0.3 is 0 Å². The normalized spacial score (nSPS) is 12.8. The molecule has 0 atom stereocenters. The molecule has 4 aromatic rings. The molecule has 1 aromatic carbocycles. The van der Waals surface area contributed by atoms with Gasteiger partial charge in [0, 0.05) is 0 Å². The van der Waals surface area contributed by atoms with Crippen molar-refractivity contribution in [3.05, 3.63) is 48.7 Å². The molecule has 0 fully saturated rings. The van der Waals surface area contributed by atoms with Crippen molar-refractivity contribution in [3.8, 4) is 34.2 Å². The largest absolute Gasteiger partial charge is 0.461 e. The molecule has 1 aliphatic heterocycles. The van der Waals surface area contributed by atoms with Gasteiger partial charge in [0.2, 0.25) is 12.6 Å². The second kappa shape index (κ2) is 4.76. The zero-order chi connectivity index (χ0) is 16.1. The maximum atomic E-state index is 6.15. The van der Waals surface area contributed by atoms with Crippen molar-refractivity contribution in [3.63, 3.8) is 0 Å². The average Bonchev–Trinajstić information content (AvgIpc) is 3.32. The summed E-state index contributed by atoms with van der Waals surface area (Å²) in [4.78, 5) is 4.50. The number of nitrogen functional groups attached to an aromatic ring is 1. The monoisotopic (exact) mass is 320 g/mol. The van der Waals surface area contributed by atoms with Crippen LogP contribution in [-0.2, 0) is 0 Å². The van der Waals surface area contributed by atoms with Crippen molar-refractivity contribution in [2.75, 3.05) is 12.5 Å². The maximum Gasteiger partial charge on any atom is 0.231 e. The summed E-state index contributed by atoms with van der Waals surface area (Å²) in [6.45, 7) is 0.247. The van der Waals surface area contributed by atoms with Crippen LogP contribution in [0.2, 0.25) is 0 Å². The van der Waals surface area contributed by atoms with E-state index < -0.39 is 0 Å². The van der Waals surface area contributed by atoms with Gasteiger partial charge in [-0.3, -0.25) is 0 Å². The fourth-order valence-electron chi connectivity index (χ4n) is 2.76. The highest BCUT2D eigenvalue weighted by Crippen LogP contribution is 2.36. The van der Waals surface area contributed by atoms with E-state index in [-0.39, 0.29) is 6.79 Å². The van der Waals surface area contributed by atoms with Gasteiger partial charge < -0.3 is 19.6 Å². The highest BCUT2D eigenvalue weighted by Gasteiger charge is 2.16. The third kappa shape index (κ3) is 1.91. The summed E-state index contributed by atoms with van der Waals surface area (Å²) in [6, 6.07) is 13.2. The number of rotatable bonds is 2. The standard InChI is InChI=1S/C17H12N4O3/c18-15-7-11(10-3-4-12-14(6-10)24-9-23-12)8-16-19-17(20-21(15)16)13-2-1-5-22-13/h1-8H,9,18H2. The molecule has 24 heavy (non-hydrogen) atoms. The van der Waals surface area contributed by atoms with Gasteiger partial charge in [-0.15, -0.1) is 5.10 Å². The van der Waals surface area contributed by atoms with E-state index in [2.05, 4.69) is 10.1 Å². The van der Waals surface area contributed by atoms with Crippen molar-refractivity contribution in [1.29, 1.82) is 0 Å². The fourth-order valence-corrected chi connectivity index (χ4v) is 2.76. The minimum atomic E-state index is 0.247. The Hall–Kier alpha value is -3.48. The molecule has 0 aliphatic carbocycles. The Balaban J connectivity index is 1.65. The van der Waals surface area contributed by atoms with Gasteiger partial charge in [0.1, 0.15) is 5.82 Å². The molecule has 7 heteroatoms. The lowest BCUT2D eigenvalue weighted by Crippen LogP contribution is -1.99. The summed E-state index contributed by atoms with van der Waals surface area (Å²) in [5, 5.41) is 4.39. The number of nitrogens with zero attached hydrogens (tertiary/aromatic N) is 3. The van der Waals surface area contributed by atoms with Gasteiger partial charge in [0.15, 0.2) is 22.9 Å². The van der Waals surface area contributed by atoms with Crippen molar-refractivity contribution in [2.24, 2.45) is 0 Å². The van der Waals surface area contributed by atoms with Crippen LogP contribution in [0.15, 0.2) is 53.1 Å². The number of anilines is 1. The molecule has 0 bridgehead atoms. The first-order chi connectivity index (χ1) is 11.8. The molecule has 1 aliphatic rings.